The fraction of sp³-hybridized carbons (Fsp3) is 0.286. The summed E-state index contributed by atoms with van der Waals surface area (Å²) in [5, 5.41) is 13.5. The van der Waals surface area contributed by atoms with E-state index in [-0.39, 0.29) is 5.92 Å². The summed E-state index contributed by atoms with van der Waals surface area (Å²) in [4.78, 5) is 11.3. The van der Waals surface area contributed by atoms with Gasteiger partial charge in [-0.05, 0) is 18.1 Å². The Morgan fingerprint density at radius 3 is 2.50 bits per heavy atom. The molecule has 0 aliphatic heterocycles. The molecule has 94 valence electrons. The molecule has 0 fully saturated rings. The Kier molecular flexibility index (Phi) is 3.46. The topological polar surface area (TPSA) is 55.1 Å². The molecule has 0 aliphatic carbocycles. The fourth-order valence-corrected chi connectivity index (χ4v) is 2.03. The van der Waals surface area contributed by atoms with E-state index in [9.17, 15) is 9.90 Å². The van der Waals surface area contributed by atoms with Crippen molar-refractivity contribution < 1.29 is 9.90 Å². The number of nitrogens with zero attached hydrogens (tertiary/aromatic N) is 2. The molecule has 2 rings (SSSR count). The van der Waals surface area contributed by atoms with Crippen LogP contribution in [0.2, 0.25) is 0 Å². The third-order valence-electron chi connectivity index (χ3n) is 2.92. The van der Waals surface area contributed by atoms with Crippen molar-refractivity contribution in [2.75, 3.05) is 0 Å². The van der Waals surface area contributed by atoms with Crippen LogP contribution in [-0.2, 0) is 4.79 Å². The van der Waals surface area contributed by atoms with E-state index in [0.717, 1.165) is 11.3 Å². The molecule has 4 heteroatoms. The quantitative estimate of drug-likeness (QED) is 0.899. The van der Waals surface area contributed by atoms with Gasteiger partial charge in [0.15, 0.2) is 0 Å². The summed E-state index contributed by atoms with van der Waals surface area (Å²) in [7, 11) is 0. The smallest absolute Gasteiger partial charge is 0.311 e. The molecule has 0 radical (unpaired) electrons. The van der Waals surface area contributed by atoms with Crippen LogP contribution in [0.4, 0.5) is 0 Å². The average Bonchev–Trinajstić information content (AvgIpc) is 2.78. The summed E-state index contributed by atoms with van der Waals surface area (Å²) in [6.07, 6.45) is 3.42. The predicted molar refractivity (Wildman–Crippen MR) is 68.8 cm³/mol. The van der Waals surface area contributed by atoms with Gasteiger partial charge in [-0.1, -0.05) is 32.0 Å². The Hall–Kier alpha value is -2.10. The molecule has 0 saturated carbocycles. The SMILES string of the molecule is CC(C)C(C(=O)O)c1cnn(-c2ccccc2)c1. The highest BCUT2D eigenvalue weighted by atomic mass is 16.4. The highest BCUT2D eigenvalue weighted by molar-refractivity contribution is 5.76. The molecule has 1 aromatic carbocycles. The van der Waals surface area contributed by atoms with Crippen molar-refractivity contribution in [2.24, 2.45) is 5.92 Å². The van der Waals surface area contributed by atoms with Crippen molar-refractivity contribution in [1.29, 1.82) is 0 Å². The van der Waals surface area contributed by atoms with Crippen molar-refractivity contribution in [3.8, 4) is 5.69 Å². The lowest BCUT2D eigenvalue weighted by atomic mass is 9.91. The van der Waals surface area contributed by atoms with Crippen LogP contribution in [0.3, 0.4) is 0 Å². The molecule has 1 aromatic heterocycles. The van der Waals surface area contributed by atoms with Gasteiger partial charge in [0.2, 0.25) is 0 Å². The van der Waals surface area contributed by atoms with Gasteiger partial charge in [-0.3, -0.25) is 4.79 Å². The summed E-state index contributed by atoms with van der Waals surface area (Å²) in [5.74, 6) is -1.28. The van der Waals surface area contributed by atoms with E-state index in [1.54, 1.807) is 17.1 Å². The zero-order valence-electron chi connectivity index (χ0n) is 10.4. The molecule has 1 atom stereocenters. The molecular formula is C14H16N2O2. The molecule has 0 spiro atoms. The number of benzene rings is 1. The second-order valence-electron chi connectivity index (χ2n) is 4.61. The Labute approximate surface area is 106 Å². The number of para-hydroxylation sites is 1. The minimum absolute atomic E-state index is 0.0379. The number of rotatable bonds is 4. The van der Waals surface area contributed by atoms with Crippen molar-refractivity contribution in [1.82, 2.24) is 9.78 Å². The maximum Gasteiger partial charge on any atom is 0.311 e. The number of carboxylic acid groups (broad SMARTS) is 1. The summed E-state index contributed by atoms with van der Waals surface area (Å²) in [6, 6.07) is 9.65. The molecule has 18 heavy (non-hydrogen) atoms. The monoisotopic (exact) mass is 244 g/mol. The van der Waals surface area contributed by atoms with E-state index in [2.05, 4.69) is 5.10 Å². The van der Waals surface area contributed by atoms with E-state index in [4.69, 9.17) is 0 Å². The van der Waals surface area contributed by atoms with Gasteiger partial charge in [-0.15, -0.1) is 0 Å². The minimum Gasteiger partial charge on any atom is -0.481 e. The minimum atomic E-state index is -0.808. The van der Waals surface area contributed by atoms with Gasteiger partial charge in [-0.25, -0.2) is 4.68 Å². The van der Waals surface area contributed by atoms with Gasteiger partial charge >= 0.3 is 5.97 Å². The highest BCUT2D eigenvalue weighted by Crippen LogP contribution is 2.24. The first-order valence-electron chi connectivity index (χ1n) is 5.92. The normalized spacial score (nSPS) is 12.6. The zero-order valence-corrected chi connectivity index (χ0v) is 10.4. The Morgan fingerprint density at radius 1 is 1.28 bits per heavy atom. The number of carboxylic acids is 1. The lowest BCUT2D eigenvalue weighted by Gasteiger charge is -2.13. The molecule has 4 nitrogen and oxygen atoms in total. The maximum atomic E-state index is 11.3. The largest absolute Gasteiger partial charge is 0.481 e. The molecule has 0 bridgehead atoms. The third kappa shape index (κ3) is 2.42. The Morgan fingerprint density at radius 2 is 1.94 bits per heavy atom. The summed E-state index contributed by atoms with van der Waals surface area (Å²) < 4.78 is 1.70. The standard InChI is InChI=1S/C14H16N2O2/c1-10(2)13(14(17)18)11-8-15-16(9-11)12-6-4-3-5-7-12/h3-10,13H,1-2H3,(H,17,18). The van der Waals surface area contributed by atoms with Crippen molar-refractivity contribution in [3.05, 3.63) is 48.3 Å². The summed E-state index contributed by atoms with van der Waals surface area (Å²) in [6.45, 7) is 3.80. The number of carbonyl (C=O) groups is 1. The van der Waals surface area contributed by atoms with E-state index in [0.29, 0.717) is 0 Å². The highest BCUT2D eigenvalue weighted by Gasteiger charge is 2.25. The van der Waals surface area contributed by atoms with Crippen molar-refractivity contribution in [3.63, 3.8) is 0 Å². The summed E-state index contributed by atoms with van der Waals surface area (Å²) in [5.41, 5.74) is 1.66. The number of hydrogen-bond donors (Lipinski definition) is 1. The molecule has 0 aliphatic rings. The summed E-state index contributed by atoms with van der Waals surface area (Å²) >= 11 is 0. The van der Waals surface area contributed by atoms with Gasteiger partial charge in [0.1, 0.15) is 0 Å². The number of aliphatic carboxylic acids is 1. The van der Waals surface area contributed by atoms with Gasteiger partial charge in [0.25, 0.3) is 0 Å². The van der Waals surface area contributed by atoms with E-state index < -0.39 is 11.9 Å². The number of hydrogen-bond acceptors (Lipinski definition) is 2. The molecule has 1 unspecified atom stereocenters. The molecule has 1 N–H and O–H groups in total. The Balaban J connectivity index is 2.33. The second-order valence-corrected chi connectivity index (χ2v) is 4.61. The lowest BCUT2D eigenvalue weighted by molar-refractivity contribution is -0.139. The van der Waals surface area contributed by atoms with E-state index in [1.807, 2.05) is 44.2 Å². The fourth-order valence-electron chi connectivity index (χ4n) is 2.03. The first kappa shape index (κ1) is 12.4. The van der Waals surface area contributed by atoms with Crippen LogP contribution in [0.5, 0.6) is 0 Å². The van der Waals surface area contributed by atoms with Gasteiger partial charge in [0.05, 0.1) is 17.8 Å². The average molecular weight is 244 g/mol. The van der Waals surface area contributed by atoms with Gasteiger partial charge in [-0.2, -0.15) is 5.10 Å². The van der Waals surface area contributed by atoms with Gasteiger partial charge < -0.3 is 5.11 Å². The van der Waals surface area contributed by atoms with E-state index >= 15 is 0 Å². The van der Waals surface area contributed by atoms with Crippen molar-refractivity contribution >= 4 is 5.97 Å². The van der Waals surface area contributed by atoms with E-state index in [1.165, 1.54) is 0 Å². The maximum absolute atomic E-state index is 11.3. The van der Waals surface area contributed by atoms with Crippen LogP contribution >= 0.6 is 0 Å². The number of aromatic nitrogens is 2. The zero-order chi connectivity index (χ0) is 13.1. The van der Waals surface area contributed by atoms with Crippen LogP contribution in [0.25, 0.3) is 5.69 Å². The Bertz CT molecular complexity index is 532. The molecule has 0 saturated heterocycles. The first-order valence-corrected chi connectivity index (χ1v) is 5.92. The van der Waals surface area contributed by atoms with Crippen LogP contribution in [0.1, 0.15) is 25.3 Å². The van der Waals surface area contributed by atoms with Crippen molar-refractivity contribution in [2.45, 2.75) is 19.8 Å². The van der Waals surface area contributed by atoms with Gasteiger partial charge in [0, 0.05) is 11.8 Å². The lowest BCUT2D eigenvalue weighted by Crippen LogP contribution is -2.16. The van der Waals surface area contributed by atoms with Crippen LogP contribution in [0.15, 0.2) is 42.7 Å². The molecule has 1 heterocycles. The first-order chi connectivity index (χ1) is 8.59. The van der Waals surface area contributed by atoms with Crippen LogP contribution < -0.4 is 0 Å². The van der Waals surface area contributed by atoms with Crippen LogP contribution in [0, 0.1) is 5.92 Å². The molecular weight excluding hydrogens is 228 g/mol. The third-order valence-corrected chi connectivity index (χ3v) is 2.92. The predicted octanol–water partition coefficient (Wildman–Crippen LogP) is 2.70. The molecule has 0 amide bonds. The second kappa shape index (κ2) is 5.04. The molecule has 2 aromatic rings. The van der Waals surface area contributed by atoms with Crippen LogP contribution in [-0.4, -0.2) is 20.9 Å².